The number of fused-ring (bicyclic) bond motifs is 5. The minimum atomic E-state index is 0.178. The number of nitrogens with one attached hydrogen (secondary N) is 1. The first-order valence-electron chi connectivity index (χ1n) is 12.1. The molecule has 2 amide bonds. The van der Waals surface area contributed by atoms with E-state index < -0.39 is 0 Å². The Hall–Kier alpha value is -2.08. The van der Waals surface area contributed by atoms with E-state index in [1.807, 2.05) is 12.1 Å². The maximum absolute atomic E-state index is 13.4. The van der Waals surface area contributed by atoms with Crippen LogP contribution in [-0.4, -0.2) is 67.0 Å². The predicted molar refractivity (Wildman–Crippen MR) is 116 cm³/mol. The van der Waals surface area contributed by atoms with Gasteiger partial charge in [0.2, 0.25) is 11.8 Å². The molecule has 4 saturated heterocycles. The molecule has 6 heteroatoms. The van der Waals surface area contributed by atoms with E-state index in [1.165, 1.54) is 5.56 Å². The zero-order chi connectivity index (χ0) is 21.1. The van der Waals surface area contributed by atoms with Gasteiger partial charge in [0.1, 0.15) is 5.75 Å². The molecule has 7 atom stereocenters. The molecule has 1 aliphatic carbocycles. The van der Waals surface area contributed by atoms with Crippen molar-refractivity contribution in [1.82, 2.24) is 15.1 Å². The molecular formula is C25H33N3O3. The Labute approximate surface area is 184 Å². The average Bonchev–Trinajstić information content (AvgIpc) is 3.27. The van der Waals surface area contributed by atoms with Gasteiger partial charge in [0.15, 0.2) is 0 Å². The summed E-state index contributed by atoms with van der Waals surface area (Å²) < 4.78 is 5.43. The predicted octanol–water partition coefficient (Wildman–Crippen LogP) is 1.93. The highest BCUT2D eigenvalue weighted by Gasteiger charge is 2.59. The summed E-state index contributed by atoms with van der Waals surface area (Å²) in [4.78, 5) is 30.9. The maximum Gasteiger partial charge on any atom is 0.226 e. The molecule has 5 fully saturated rings. The van der Waals surface area contributed by atoms with Gasteiger partial charge >= 0.3 is 0 Å². The van der Waals surface area contributed by atoms with Gasteiger partial charge in [0.05, 0.1) is 7.11 Å². The largest absolute Gasteiger partial charge is 0.497 e. The Morgan fingerprint density at radius 1 is 1.19 bits per heavy atom. The van der Waals surface area contributed by atoms with E-state index in [0.717, 1.165) is 57.6 Å². The number of rotatable bonds is 4. The number of hydrogen-bond acceptors (Lipinski definition) is 4. The van der Waals surface area contributed by atoms with Gasteiger partial charge in [-0.1, -0.05) is 12.1 Å². The molecule has 6 rings (SSSR count). The first-order chi connectivity index (χ1) is 15.1. The van der Waals surface area contributed by atoms with Crippen LogP contribution in [-0.2, 0) is 16.0 Å². The molecule has 0 aromatic heterocycles. The third kappa shape index (κ3) is 3.25. The van der Waals surface area contributed by atoms with Crippen molar-refractivity contribution in [2.24, 2.45) is 29.6 Å². The van der Waals surface area contributed by atoms with Crippen molar-refractivity contribution in [2.45, 2.75) is 44.2 Å². The SMILES string of the molecule is COc1cccc(C[C@H]2[C@H]3C[C@H](CN(C(=O)C4[C@H]5CNC[C@@H]45)C3)[C@@H]3CCCC(=O)N32)c1. The lowest BCUT2D eigenvalue weighted by molar-refractivity contribution is -0.156. The standard InChI is InChI=1S/C25H33N3O3/c1-31-18-5-2-4-15(8-18)9-22-17-10-16(21-6-3-7-23(29)28(21)22)13-27(14-17)25(30)24-19-11-26-12-20(19)24/h2,4-5,8,16-17,19-22,24,26H,3,6-7,9-14H2,1H3/t16-,17+,19-,20+,21+,22+,24?/m1/s1. The first-order valence-corrected chi connectivity index (χ1v) is 12.1. The second-order valence-electron chi connectivity index (χ2n) is 10.4. The van der Waals surface area contributed by atoms with Crippen LogP contribution in [0.1, 0.15) is 31.2 Å². The minimum Gasteiger partial charge on any atom is -0.497 e. The molecule has 1 N–H and O–H groups in total. The van der Waals surface area contributed by atoms with Crippen LogP contribution in [0.3, 0.4) is 0 Å². The van der Waals surface area contributed by atoms with Gasteiger partial charge in [-0.3, -0.25) is 9.59 Å². The Balaban J connectivity index is 1.26. The average molecular weight is 424 g/mol. The van der Waals surface area contributed by atoms with E-state index in [0.29, 0.717) is 47.9 Å². The van der Waals surface area contributed by atoms with Gasteiger partial charge in [-0.05, 0) is 80.1 Å². The van der Waals surface area contributed by atoms with Crippen molar-refractivity contribution in [1.29, 1.82) is 0 Å². The van der Waals surface area contributed by atoms with E-state index in [1.54, 1.807) is 7.11 Å². The molecule has 0 spiro atoms. The number of carbonyl (C=O) groups is 2. The fourth-order valence-electron chi connectivity index (χ4n) is 7.25. The number of carbonyl (C=O) groups excluding carboxylic acids is 2. The molecule has 1 aromatic carbocycles. The second-order valence-corrected chi connectivity index (χ2v) is 10.4. The van der Waals surface area contributed by atoms with E-state index in [9.17, 15) is 9.59 Å². The normalized spacial score (nSPS) is 38.5. The smallest absolute Gasteiger partial charge is 0.226 e. The van der Waals surface area contributed by atoms with Crippen molar-refractivity contribution in [3.8, 4) is 5.75 Å². The first kappa shape index (κ1) is 19.6. The summed E-state index contributed by atoms with van der Waals surface area (Å²) in [6.07, 6.45) is 4.73. The Kier molecular flexibility index (Phi) is 4.74. The lowest BCUT2D eigenvalue weighted by Gasteiger charge is -2.56. The molecule has 31 heavy (non-hydrogen) atoms. The zero-order valence-corrected chi connectivity index (χ0v) is 18.3. The third-order valence-electron chi connectivity index (χ3n) is 8.76. The van der Waals surface area contributed by atoms with E-state index >= 15 is 0 Å². The molecule has 6 nitrogen and oxygen atoms in total. The fraction of sp³-hybridized carbons (Fsp3) is 0.680. The van der Waals surface area contributed by atoms with Gasteiger partial charge in [-0.2, -0.15) is 0 Å². The van der Waals surface area contributed by atoms with Crippen LogP contribution in [0, 0.1) is 29.6 Å². The lowest BCUT2D eigenvalue weighted by atomic mass is 9.70. The molecular weight excluding hydrogens is 390 g/mol. The van der Waals surface area contributed by atoms with Crippen LogP contribution in [0.2, 0.25) is 0 Å². The molecule has 1 saturated carbocycles. The third-order valence-corrected chi connectivity index (χ3v) is 8.76. The quantitative estimate of drug-likeness (QED) is 0.804. The van der Waals surface area contributed by atoms with Crippen LogP contribution in [0.5, 0.6) is 5.75 Å². The summed E-state index contributed by atoms with van der Waals surface area (Å²) in [5.74, 6) is 3.75. The van der Waals surface area contributed by atoms with E-state index in [4.69, 9.17) is 4.74 Å². The molecule has 2 bridgehead atoms. The molecule has 1 unspecified atom stereocenters. The number of amides is 2. The molecule has 4 heterocycles. The summed E-state index contributed by atoms with van der Waals surface area (Å²) >= 11 is 0. The van der Waals surface area contributed by atoms with Crippen LogP contribution >= 0.6 is 0 Å². The Bertz CT molecular complexity index is 879. The van der Waals surface area contributed by atoms with E-state index in [-0.39, 0.29) is 12.0 Å². The number of piperidine rings is 4. The second kappa shape index (κ2) is 7.51. The number of hydrogen-bond donors (Lipinski definition) is 1. The number of nitrogens with zero attached hydrogens (tertiary/aromatic N) is 2. The van der Waals surface area contributed by atoms with E-state index in [2.05, 4.69) is 27.2 Å². The van der Waals surface area contributed by atoms with Crippen molar-refractivity contribution in [3.63, 3.8) is 0 Å². The van der Waals surface area contributed by atoms with Crippen LogP contribution in [0.25, 0.3) is 0 Å². The number of ether oxygens (including phenoxy) is 1. The van der Waals surface area contributed by atoms with Crippen molar-refractivity contribution in [2.75, 3.05) is 33.3 Å². The summed E-state index contributed by atoms with van der Waals surface area (Å²) in [5, 5.41) is 3.41. The molecule has 5 aliphatic rings. The number of methoxy groups -OCH3 is 1. The Morgan fingerprint density at radius 3 is 2.81 bits per heavy atom. The highest BCUT2D eigenvalue weighted by Crippen LogP contribution is 2.51. The summed E-state index contributed by atoms with van der Waals surface area (Å²) in [6.45, 7) is 3.67. The monoisotopic (exact) mass is 423 g/mol. The molecule has 166 valence electrons. The van der Waals surface area contributed by atoms with Gasteiger partial charge in [0, 0.05) is 37.5 Å². The van der Waals surface area contributed by atoms with Gasteiger partial charge in [-0.25, -0.2) is 0 Å². The highest BCUT2D eigenvalue weighted by molar-refractivity contribution is 5.83. The lowest BCUT2D eigenvalue weighted by Crippen LogP contribution is -2.66. The Morgan fingerprint density at radius 2 is 2.00 bits per heavy atom. The van der Waals surface area contributed by atoms with Crippen LogP contribution in [0.4, 0.5) is 0 Å². The highest BCUT2D eigenvalue weighted by atomic mass is 16.5. The summed E-state index contributed by atoms with van der Waals surface area (Å²) in [5.41, 5.74) is 1.21. The molecule has 1 aromatic rings. The van der Waals surface area contributed by atoms with Gasteiger partial charge < -0.3 is 19.9 Å². The molecule has 0 radical (unpaired) electrons. The topological polar surface area (TPSA) is 61.9 Å². The number of benzene rings is 1. The minimum absolute atomic E-state index is 0.178. The maximum atomic E-state index is 13.4. The summed E-state index contributed by atoms with van der Waals surface area (Å²) in [7, 11) is 1.70. The summed E-state index contributed by atoms with van der Waals surface area (Å²) in [6, 6.07) is 8.71. The van der Waals surface area contributed by atoms with Crippen molar-refractivity contribution >= 4 is 11.8 Å². The van der Waals surface area contributed by atoms with Crippen molar-refractivity contribution in [3.05, 3.63) is 29.8 Å². The zero-order valence-electron chi connectivity index (χ0n) is 18.3. The van der Waals surface area contributed by atoms with Crippen molar-refractivity contribution < 1.29 is 14.3 Å². The van der Waals surface area contributed by atoms with Crippen LogP contribution in [0.15, 0.2) is 24.3 Å². The van der Waals surface area contributed by atoms with Gasteiger partial charge in [0.25, 0.3) is 0 Å². The fourth-order valence-corrected chi connectivity index (χ4v) is 7.25. The van der Waals surface area contributed by atoms with Gasteiger partial charge in [-0.15, -0.1) is 0 Å². The van der Waals surface area contributed by atoms with Crippen LogP contribution < -0.4 is 10.1 Å². The number of likely N-dealkylation sites (tertiary alicyclic amines) is 1. The molecule has 4 aliphatic heterocycles.